The molecule has 0 aromatic heterocycles. The van der Waals surface area contributed by atoms with Crippen molar-refractivity contribution in [2.75, 3.05) is 59.7 Å². The van der Waals surface area contributed by atoms with E-state index in [1.807, 2.05) is 20.0 Å². The first kappa shape index (κ1) is 58.1. The van der Waals surface area contributed by atoms with Gasteiger partial charge in [0, 0.05) is 63.6 Å². The molecule has 63 heavy (non-hydrogen) atoms. The molecule has 13 heteroatoms. The molecule has 2 aliphatic heterocycles. The zero-order chi connectivity index (χ0) is 48.1. The van der Waals surface area contributed by atoms with Gasteiger partial charge in [-0.2, -0.15) is 0 Å². The maximum atomic E-state index is 13.0. The highest BCUT2D eigenvalue weighted by Crippen LogP contribution is 2.53. The van der Waals surface area contributed by atoms with E-state index in [9.17, 15) is 23.6 Å². The molecular weight excluding hydrogens is 800 g/mol. The van der Waals surface area contributed by atoms with Crippen LogP contribution in [0.1, 0.15) is 101 Å². The van der Waals surface area contributed by atoms with Crippen molar-refractivity contribution >= 4 is 29.9 Å². The normalized spacial score (nSPS) is 18.6. The fourth-order valence-electron chi connectivity index (χ4n) is 7.14. The van der Waals surface area contributed by atoms with Gasteiger partial charge in [0.05, 0.1) is 13.1 Å². The van der Waals surface area contributed by atoms with Gasteiger partial charge in [-0.05, 0) is 106 Å². The molecule has 5 N–H and O–H groups in total. The van der Waals surface area contributed by atoms with Gasteiger partial charge in [0.2, 0.25) is 11.8 Å². The number of likely N-dealkylation sites (N-methyl/N-ethyl adjacent to an activating group) is 1. The first-order valence-corrected chi connectivity index (χ1v) is 22.3. The van der Waals surface area contributed by atoms with Gasteiger partial charge < -0.3 is 36.0 Å². The molecular formula is C50H81FN6O6. The van der Waals surface area contributed by atoms with Crippen LogP contribution in [0, 0.1) is 29.5 Å². The number of hydrogen-bond donors (Lipinski definition) is 4. The van der Waals surface area contributed by atoms with E-state index in [1.54, 1.807) is 46.9 Å². The topological polar surface area (TPSA) is 158 Å². The second-order valence-electron chi connectivity index (χ2n) is 16.2. The zero-order valence-corrected chi connectivity index (χ0v) is 40.0. The molecule has 0 bridgehead atoms. The maximum absolute atomic E-state index is 13.0. The number of nitrogens with zero attached hydrogens (tertiary/aromatic N) is 3. The lowest BCUT2D eigenvalue weighted by Gasteiger charge is -2.23. The molecule has 2 aliphatic carbocycles. The summed E-state index contributed by atoms with van der Waals surface area (Å²) in [6.45, 7) is 28.1. The van der Waals surface area contributed by atoms with Gasteiger partial charge in [0.25, 0.3) is 12.4 Å². The molecule has 4 aliphatic rings. The van der Waals surface area contributed by atoms with Gasteiger partial charge in [0.15, 0.2) is 0 Å². The van der Waals surface area contributed by atoms with Crippen LogP contribution in [0.5, 0.6) is 0 Å². The number of carbonyl (C=O) groups is 4. The van der Waals surface area contributed by atoms with Crippen LogP contribution in [0.25, 0.3) is 0 Å². The Kier molecular flexibility index (Phi) is 30.2. The minimum Gasteiger partial charge on any atom is -0.463 e. The summed E-state index contributed by atoms with van der Waals surface area (Å²) in [6, 6.07) is 11.5. The van der Waals surface area contributed by atoms with Crippen molar-refractivity contribution in [2.45, 2.75) is 105 Å². The van der Waals surface area contributed by atoms with Crippen LogP contribution in [0.3, 0.4) is 0 Å². The monoisotopic (exact) mass is 881 g/mol. The highest BCUT2D eigenvalue weighted by molar-refractivity contribution is 5.95. The van der Waals surface area contributed by atoms with Crippen LogP contribution in [0.15, 0.2) is 80.4 Å². The average Bonchev–Trinajstić information content (AvgIpc) is 4.22. The van der Waals surface area contributed by atoms with E-state index in [4.69, 9.17) is 9.84 Å². The summed E-state index contributed by atoms with van der Waals surface area (Å²) < 4.78 is 18.0. The lowest BCUT2D eigenvalue weighted by Crippen LogP contribution is -2.46. The summed E-state index contributed by atoms with van der Waals surface area (Å²) in [5, 5.41) is 12.6. The van der Waals surface area contributed by atoms with Crippen LogP contribution in [-0.2, 0) is 32.2 Å². The number of likely N-dealkylation sites (tertiary alicyclic amines) is 1. The Hall–Kier alpha value is -4.85. The largest absolute Gasteiger partial charge is 0.463 e. The second-order valence-corrected chi connectivity index (χ2v) is 16.2. The van der Waals surface area contributed by atoms with Crippen molar-refractivity contribution in [2.24, 2.45) is 29.4 Å². The number of anilines is 1. The van der Waals surface area contributed by atoms with E-state index in [2.05, 4.69) is 75.3 Å². The number of halogens is 1. The zero-order valence-electron chi connectivity index (χ0n) is 40.0. The van der Waals surface area contributed by atoms with Crippen molar-refractivity contribution < 1.29 is 33.4 Å². The molecule has 6 rings (SSSR count). The molecule has 354 valence electrons. The molecule has 3 unspecified atom stereocenters. The second kappa shape index (κ2) is 32.8. The van der Waals surface area contributed by atoms with Gasteiger partial charge >= 0.3 is 0 Å². The molecule has 0 radical (unpaired) electrons. The standard InChI is InChI=1S/C23H32N4O5.C10H16.C9H10FN.C4H10.C2H4.CH5N.CH4O/c1-4-6-12-26(11-5-2)23(31)17-7-9-18(10-8-17)25-14-21(29)27-15-19(32-16-28)13-20(27)22(30)24-3;1-3-8-6-10(8)7(2)9-4-5-9;1-11-5-7-3-2-4-9(10)8(7)6-11;1-4(2)3;3*1-2/h4,7-10,16,19-20,25H,1,5-6,11-15H2,2-3H3,(H,24,30);8-10H,2-6H2,1H3;2-4H,5-6H2,1H3;4H,1-3H3;1-2H2;2H2,1H3;2H,1H3/t19-,20?;;;;;;/m1....../s1. The molecule has 2 aromatic carbocycles. The number of benzene rings is 2. The highest BCUT2D eigenvalue weighted by atomic mass is 19.1. The minimum atomic E-state index is -0.681. The summed E-state index contributed by atoms with van der Waals surface area (Å²) in [7, 11) is 6.00. The number of hydrogen-bond acceptors (Lipinski definition) is 9. The van der Waals surface area contributed by atoms with Gasteiger partial charge in [-0.1, -0.05) is 71.4 Å². The van der Waals surface area contributed by atoms with Crippen molar-refractivity contribution in [1.82, 2.24) is 20.0 Å². The van der Waals surface area contributed by atoms with E-state index in [0.29, 0.717) is 30.8 Å². The predicted molar refractivity (Wildman–Crippen MR) is 256 cm³/mol. The number of aliphatic hydroxyl groups excluding tert-OH is 1. The third kappa shape index (κ3) is 20.9. The third-order valence-corrected chi connectivity index (χ3v) is 10.4. The third-order valence-electron chi connectivity index (χ3n) is 10.4. The Morgan fingerprint density at radius 1 is 1.02 bits per heavy atom. The fraction of sp³-hybridized carbons (Fsp3) is 0.560. The molecule has 0 spiro atoms. The van der Waals surface area contributed by atoms with Crippen molar-refractivity contribution in [3.05, 3.63) is 103 Å². The first-order chi connectivity index (χ1) is 30.3. The number of nitrogens with one attached hydrogen (secondary N) is 2. The molecule has 2 aromatic rings. The van der Waals surface area contributed by atoms with Gasteiger partial charge in [-0.15, -0.1) is 19.7 Å². The summed E-state index contributed by atoms with van der Waals surface area (Å²) >= 11 is 0. The van der Waals surface area contributed by atoms with Crippen LogP contribution < -0.4 is 16.4 Å². The molecule has 2 saturated carbocycles. The van der Waals surface area contributed by atoms with Crippen LogP contribution >= 0.6 is 0 Å². The average molecular weight is 881 g/mol. The van der Waals surface area contributed by atoms with E-state index in [-0.39, 0.29) is 43.0 Å². The first-order valence-electron chi connectivity index (χ1n) is 22.3. The lowest BCUT2D eigenvalue weighted by atomic mass is 10.1. The van der Waals surface area contributed by atoms with Crippen molar-refractivity contribution in [3.63, 3.8) is 0 Å². The smallest absolute Gasteiger partial charge is 0.293 e. The van der Waals surface area contributed by atoms with Crippen molar-refractivity contribution in [3.8, 4) is 0 Å². The van der Waals surface area contributed by atoms with Crippen LogP contribution in [0.2, 0.25) is 0 Å². The van der Waals surface area contributed by atoms with Crippen molar-refractivity contribution in [1.29, 1.82) is 0 Å². The van der Waals surface area contributed by atoms with Crippen LogP contribution in [0.4, 0.5) is 10.1 Å². The van der Waals surface area contributed by atoms with E-state index in [1.165, 1.54) is 50.7 Å². The maximum Gasteiger partial charge on any atom is 0.293 e. The van der Waals surface area contributed by atoms with Gasteiger partial charge in [-0.25, -0.2) is 4.39 Å². The van der Waals surface area contributed by atoms with E-state index >= 15 is 0 Å². The molecule has 3 amide bonds. The van der Waals surface area contributed by atoms with E-state index in [0.717, 1.165) is 67.8 Å². The van der Waals surface area contributed by atoms with Crippen LogP contribution in [-0.4, -0.2) is 111 Å². The Labute approximate surface area is 379 Å². The predicted octanol–water partition coefficient (Wildman–Crippen LogP) is 7.83. The fourth-order valence-corrected chi connectivity index (χ4v) is 7.14. The summed E-state index contributed by atoms with van der Waals surface area (Å²) in [6.07, 6.45) is 8.86. The molecule has 4 atom stereocenters. The number of aliphatic hydroxyl groups is 1. The molecule has 1 saturated heterocycles. The number of amides is 3. The molecule has 2 heterocycles. The van der Waals surface area contributed by atoms with Gasteiger partial charge in [0.1, 0.15) is 18.0 Å². The quantitative estimate of drug-likeness (QED) is 0.103. The minimum absolute atomic E-state index is 0.0319. The Balaban J connectivity index is 0.000000994. The number of carbonyl (C=O) groups excluding carboxylic acids is 4. The number of nitrogens with two attached hydrogens (primary N) is 1. The summed E-state index contributed by atoms with van der Waals surface area (Å²) in [5.41, 5.74) is 9.35. The summed E-state index contributed by atoms with van der Waals surface area (Å²) in [4.78, 5) is 53.5. The number of fused-ring (bicyclic) bond motifs is 1. The molecule has 12 nitrogen and oxygen atoms in total. The molecule has 3 fully saturated rings. The highest BCUT2D eigenvalue weighted by Gasteiger charge is 2.42. The Morgan fingerprint density at radius 3 is 2.13 bits per heavy atom. The summed E-state index contributed by atoms with van der Waals surface area (Å²) in [5.74, 6) is 3.06. The number of ether oxygens (including phenoxy) is 1. The SMILES string of the molecule is C=C.C=C(C1CC1)C1CC1CC.C=CCCN(CCC)C(=O)c1ccc(NCC(=O)N2C[C@H](OC=O)CC2C(=O)NC)cc1.CC(C)C.CN.CN1Cc2cccc(F)c2C1.CO. The number of allylic oxidation sites excluding steroid dienone is 1. The Morgan fingerprint density at radius 2 is 1.63 bits per heavy atom. The number of rotatable bonds is 15. The lowest BCUT2D eigenvalue weighted by molar-refractivity contribution is -0.137. The van der Waals surface area contributed by atoms with E-state index < -0.39 is 12.1 Å². The Bertz CT molecular complexity index is 1650. The van der Waals surface area contributed by atoms with Gasteiger partial charge in [-0.3, -0.25) is 24.1 Å².